The molecule has 0 saturated heterocycles. The van der Waals surface area contributed by atoms with Gasteiger partial charge in [0.2, 0.25) is 0 Å². The zero-order valence-corrected chi connectivity index (χ0v) is 11.9. The first-order valence-electron chi connectivity index (χ1n) is 7.05. The molecule has 0 spiro atoms. The van der Waals surface area contributed by atoms with E-state index >= 15 is 0 Å². The summed E-state index contributed by atoms with van der Waals surface area (Å²) in [5.41, 5.74) is 3.28. The molecule has 3 heterocycles. The molecule has 0 N–H and O–H groups in total. The number of ether oxygens (including phenoxy) is 1. The predicted octanol–water partition coefficient (Wildman–Crippen LogP) is 2.37. The molecule has 4 rings (SSSR count). The summed E-state index contributed by atoms with van der Waals surface area (Å²) >= 11 is 0. The number of rotatable bonds is 1. The van der Waals surface area contributed by atoms with E-state index in [9.17, 15) is 0 Å². The van der Waals surface area contributed by atoms with Gasteiger partial charge in [-0.1, -0.05) is 18.2 Å². The van der Waals surface area contributed by atoms with E-state index in [0.29, 0.717) is 6.61 Å². The van der Waals surface area contributed by atoms with Crippen LogP contribution in [-0.2, 0) is 13.6 Å². The Hall–Kier alpha value is -2.56. The molecular weight excluding hydrogens is 264 g/mol. The summed E-state index contributed by atoms with van der Waals surface area (Å²) in [7, 11) is 1.92. The maximum Gasteiger partial charge on any atom is 0.159 e. The minimum Gasteiger partial charge on any atom is -0.491 e. The second-order valence-corrected chi connectivity index (χ2v) is 5.21. The van der Waals surface area contributed by atoms with Gasteiger partial charge in [-0.15, -0.1) is 0 Å². The molecule has 1 aliphatic rings. The standard InChI is InChI=1S/C16H16N4O/c1-19-16-13(10-18-19)14(6-7-17-16)20-8-9-21-15-5-3-2-4-12(15)11-20/h2-7,10H,8-9,11H2,1H3. The second-order valence-electron chi connectivity index (χ2n) is 5.21. The number of fused-ring (bicyclic) bond motifs is 2. The van der Waals surface area contributed by atoms with Crippen LogP contribution in [0, 0.1) is 0 Å². The Morgan fingerprint density at radius 3 is 3.05 bits per heavy atom. The number of nitrogens with zero attached hydrogens (tertiary/aromatic N) is 4. The van der Waals surface area contributed by atoms with Crippen LogP contribution in [0.3, 0.4) is 0 Å². The van der Waals surface area contributed by atoms with E-state index in [1.54, 1.807) is 4.68 Å². The molecule has 0 aliphatic carbocycles. The molecule has 0 bridgehead atoms. The summed E-state index contributed by atoms with van der Waals surface area (Å²) in [6.45, 7) is 2.37. The van der Waals surface area contributed by atoms with Gasteiger partial charge in [0, 0.05) is 25.4 Å². The summed E-state index contributed by atoms with van der Waals surface area (Å²) < 4.78 is 7.65. The van der Waals surface area contributed by atoms with Gasteiger partial charge >= 0.3 is 0 Å². The molecular formula is C16H16N4O. The van der Waals surface area contributed by atoms with E-state index in [1.165, 1.54) is 5.56 Å². The molecule has 0 atom stereocenters. The van der Waals surface area contributed by atoms with Crippen molar-refractivity contribution in [3.63, 3.8) is 0 Å². The van der Waals surface area contributed by atoms with E-state index in [4.69, 9.17) is 4.74 Å². The van der Waals surface area contributed by atoms with Crippen LogP contribution >= 0.6 is 0 Å². The molecule has 1 aromatic carbocycles. The summed E-state index contributed by atoms with van der Waals surface area (Å²) in [6.07, 6.45) is 3.73. The Balaban J connectivity index is 1.79. The minimum absolute atomic E-state index is 0.682. The topological polar surface area (TPSA) is 43.2 Å². The van der Waals surface area contributed by atoms with Crippen molar-refractivity contribution >= 4 is 16.7 Å². The van der Waals surface area contributed by atoms with Crippen LogP contribution in [0.5, 0.6) is 5.75 Å². The lowest BCUT2D eigenvalue weighted by molar-refractivity contribution is 0.332. The van der Waals surface area contributed by atoms with Gasteiger partial charge in [-0.3, -0.25) is 4.68 Å². The molecule has 106 valence electrons. The molecule has 0 fully saturated rings. The number of pyridine rings is 1. The number of para-hydroxylation sites is 1. The lowest BCUT2D eigenvalue weighted by atomic mass is 10.1. The second kappa shape index (κ2) is 4.77. The maximum atomic E-state index is 5.84. The zero-order chi connectivity index (χ0) is 14.2. The van der Waals surface area contributed by atoms with Gasteiger partial charge in [-0.25, -0.2) is 4.98 Å². The van der Waals surface area contributed by atoms with Gasteiger partial charge in [-0.2, -0.15) is 5.10 Å². The van der Waals surface area contributed by atoms with Crippen molar-refractivity contribution < 1.29 is 4.74 Å². The highest BCUT2D eigenvalue weighted by atomic mass is 16.5. The summed E-state index contributed by atoms with van der Waals surface area (Å²) in [5.74, 6) is 0.983. The summed E-state index contributed by atoms with van der Waals surface area (Å²) in [6, 6.07) is 10.3. The third-order valence-corrected chi connectivity index (χ3v) is 3.91. The summed E-state index contributed by atoms with van der Waals surface area (Å²) in [4.78, 5) is 6.74. The quantitative estimate of drug-likeness (QED) is 0.686. The highest BCUT2D eigenvalue weighted by Crippen LogP contribution is 2.30. The Labute approximate surface area is 122 Å². The van der Waals surface area contributed by atoms with Crippen LogP contribution in [0.15, 0.2) is 42.7 Å². The molecule has 5 heteroatoms. The SMILES string of the molecule is Cn1ncc2c(N3CCOc4ccccc4C3)ccnc21. The highest BCUT2D eigenvalue weighted by molar-refractivity contribution is 5.89. The minimum atomic E-state index is 0.682. The molecule has 0 unspecified atom stereocenters. The van der Waals surface area contributed by atoms with E-state index in [2.05, 4.69) is 33.2 Å². The average Bonchev–Trinajstić information content (AvgIpc) is 2.77. The van der Waals surface area contributed by atoms with Crippen LogP contribution in [0.25, 0.3) is 11.0 Å². The molecule has 0 radical (unpaired) electrons. The average molecular weight is 280 g/mol. The maximum absolute atomic E-state index is 5.84. The lowest BCUT2D eigenvalue weighted by Crippen LogP contribution is -2.25. The van der Waals surface area contributed by atoms with E-state index < -0.39 is 0 Å². The first kappa shape index (κ1) is 12.2. The molecule has 1 aliphatic heterocycles. The Morgan fingerprint density at radius 1 is 1.19 bits per heavy atom. The highest BCUT2D eigenvalue weighted by Gasteiger charge is 2.18. The fourth-order valence-corrected chi connectivity index (χ4v) is 2.84. The molecule has 21 heavy (non-hydrogen) atoms. The molecule has 5 nitrogen and oxygen atoms in total. The lowest BCUT2D eigenvalue weighted by Gasteiger charge is -2.22. The first-order valence-corrected chi connectivity index (χ1v) is 7.05. The smallest absolute Gasteiger partial charge is 0.159 e. The van der Waals surface area contributed by atoms with Crippen molar-refractivity contribution in [2.45, 2.75) is 6.54 Å². The van der Waals surface area contributed by atoms with Crippen molar-refractivity contribution in [3.8, 4) is 5.75 Å². The predicted molar refractivity (Wildman–Crippen MR) is 81.5 cm³/mol. The fourth-order valence-electron chi connectivity index (χ4n) is 2.84. The fraction of sp³-hybridized carbons (Fsp3) is 0.250. The van der Waals surface area contributed by atoms with Crippen molar-refractivity contribution in [3.05, 3.63) is 48.3 Å². The zero-order valence-electron chi connectivity index (χ0n) is 11.9. The van der Waals surface area contributed by atoms with Crippen LogP contribution in [0.1, 0.15) is 5.56 Å². The van der Waals surface area contributed by atoms with Crippen LogP contribution in [-0.4, -0.2) is 27.9 Å². The first-order chi connectivity index (χ1) is 10.3. The van der Waals surface area contributed by atoms with Crippen molar-refractivity contribution in [1.29, 1.82) is 0 Å². The molecule has 0 saturated carbocycles. The Bertz CT molecular complexity index is 796. The number of hydrogen-bond acceptors (Lipinski definition) is 4. The van der Waals surface area contributed by atoms with E-state index in [1.807, 2.05) is 31.6 Å². The normalized spacial score (nSPS) is 14.6. The number of aryl methyl sites for hydroxylation is 1. The van der Waals surface area contributed by atoms with Gasteiger partial charge in [0.05, 0.1) is 23.8 Å². The van der Waals surface area contributed by atoms with Crippen molar-refractivity contribution in [2.24, 2.45) is 7.05 Å². The number of hydrogen-bond donors (Lipinski definition) is 0. The molecule has 0 amide bonds. The largest absolute Gasteiger partial charge is 0.491 e. The van der Waals surface area contributed by atoms with Gasteiger partial charge in [0.15, 0.2) is 5.65 Å². The molecule has 3 aromatic rings. The Kier molecular flexibility index (Phi) is 2.77. The van der Waals surface area contributed by atoms with Gasteiger partial charge < -0.3 is 9.64 Å². The number of anilines is 1. The summed E-state index contributed by atoms with van der Waals surface area (Å²) in [5, 5.41) is 5.40. The third kappa shape index (κ3) is 2.01. The van der Waals surface area contributed by atoms with Crippen LogP contribution < -0.4 is 9.64 Å². The number of aromatic nitrogens is 3. The third-order valence-electron chi connectivity index (χ3n) is 3.91. The van der Waals surface area contributed by atoms with Crippen molar-refractivity contribution in [2.75, 3.05) is 18.1 Å². The van der Waals surface area contributed by atoms with Crippen LogP contribution in [0.2, 0.25) is 0 Å². The van der Waals surface area contributed by atoms with Gasteiger partial charge in [-0.05, 0) is 12.1 Å². The van der Waals surface area contributed by atoms with Gasteiger partial charge in [0.1, 0.15) is 12.4 Å². The Morgan fingerprint density at radius 2 is 2.10 bits per heavy atom. The van der Waals surface area contributed by atoms with Crippen LogP contribution in [0.4, 0.5) is 5.69 Å². The molecule has 2 aromatic heterocycles. The monoisotopic (exact) mass is 280 g/mol. The van der Waals surface area contributed by atoms with Crippen molar-refractivity contribution in [1.82, 2.24) is 14.8 Å². The number of benzene rings is 1. The van der Waals surface area contributed by atoms with Gasteiger partial charge in [0.25, 0.3) is 0 Å². The van der Waals surface area contributed by atoms with E-state index in [-0.39, 0.29) is 0 Å². The van der Waals surface area contributed by atoms with E-state index in [0.717, 1.165) is 35.6 Å².